The number of aliphatic imine (C=N–C) groups is 2. The third kappa shape index (κ3) is 1.60. The average Bonchev–Trinajstić information content (AvgIpc) is 2.66. The molecule has 2 aliphatic heterocycles. The minimum atomic E-state index is 0.289. The molecule has 0 saturated carbocycles. The van der Waals surface area contributed by atoms with Crippen LogP contribution in [0.15, 0.2) is 21.8 Å². The molecule has 2 rings (SSSR count). The molecule has 2 aliphatic rings. The maximum absolute atomic E-state index is 4.50. The molecule has 3 nitrogen and oxygen atoms in total. The summed E-state index contributed by atoms with van der Waals surface area (Å²) in [6.45, 7) is 7.60. The summed E-state index contributed by atoms with van der Waals surface area (Å²) in [5.74, 6) is 0.449. The highest BCUT2D eigenvalue weighted by atomic mass is 15.3. The van der Waals surface area contributed by atoms with E-state index in [4.69, 9.17) is 0 Å². The van der Waals surface area contributed by atoms with Crippen molar-refractivity contribution in [3.8, 4) is 0 Å². The summed E-state index contributed by atoms with van der Waals surface area (Å²) in [4.78, 5) is 11.2. The SMILES string of the molecule is CCC1=CN(CC)C2N=CN=C(CC)C12. The van der Waals surface area contributed by atoms with Gasteiger partial charge in [-0.1, -0.05) is 13.8 Å². The van der Waals surface area contributed by atoms with Crippen LogP contribution in [-0.4, -0.2) is 29.7 Å². The van der Waals surface area contributed by atoms with Crippen LogP contribution in [0, 0.1) is 5.92 Å². The first-order valence-corrected chi connectivity index (χ1v) is 5.86. The Bertz CT molecular complexity index is 328. The van der Waals surface area contributed by atoms with Gasteiger partial charge in [-0.3, -0.25) is 0 Å². The summed E-state index contributed by atoms with van der Waals surface area (Å²) in [5.41, 5.74) is 2.78. The minimum absolute atomic E-state index is 0.289. The Balaban J connectivity index is 2.30. The second-order valence-corrected chi connectivity index (χ2v) is 4.02. The van der Waals surface area contributed by atoms with Crippen LogP contribution < -0.4 is 0 Å². The highest BCUT2D eigenvalue weighted by molar-refractivity contribution is 5.96. The molecular formula is C12H19N3. The van der Waals surface area contributed by atoms with Crippen molar-refractivity contribution in [2.75, 3.05) is 6.54 Å². The third-order valence-corrected chi connectivity index (χ3v) is 3.31. The fraction of sp³-hybridized carbons (Fsp3) is 0.667. The topological polar surface area (TPSA) is 28.0 Å². The summed E-state index contributed by atoms with van der Waals surface area (Å²) < 4.78 is 0. The van der Waals surface area contributed by atoms with Crippen LogP contribution in [0.5, 0.6) is 0 Å². The molecule has 0 fully saturated rings. The quantitative estimate of drug-likeness (QED) is 0.695. The van der Waals surface area contributed by atoms with Gasteiger partial charge in [0.2, 0.25) is 0 Å². The molecule has 0 aliphatic carbocycles. The van der Waals surface area contributed by atoms with Crippen LogP contribution >= 0.6 is 0 Å². The summed E-state index contributed by atoms with van der Waals surface area (Å²) in [6, 6.07) is 0. The Labute approximate surface area is 91.6 Å². The summed E-state index contributed by atoms with van der Waals surface area (Å²) >= 11 is 0. The van der Waals surface area contributed by atoms with Crippen molar-refractivity contribution in [1.82, 2.24) is 4.90 Å². The van der Waals surface area contributed by atoms with Crippen molar-refractivity contribution in [3.05, 3.63) is 11.8 Å². The molecular weight excluding hydrogens is 186 g/mol. The van der Waals surface area contributed by atoms with Crippen molar-refractivity contribution in [1.29, 1.82) is 0 Å². The van der Waals surface area contributed by atoms with E-state index in [1.165, 1.54) is 11.3 Å². The molecule has 15 heavy (non-hydrogen) atoms. The van der Waals surface area contributed by atoms with E-state index in [-0.39, 0.29) is 6.17 Å². The molecule has 0 spiro atoms. The van der Waals surface area contributed by atoms with Gasteiger partial charge in [0.15, 0.2) is 0 Å². The minimum Gasteiger partial charge on any atom is -0.355 e. The Morgan fingerprint density at radius 3 is 2.67 bits per heavy atom. The second kappa shape index (κ2) is 4.17. The van der Waals surface area contributed by atoms with Crippen LogP contribution in [0.4, 0.5) is 0 Å². The average molecular weight is 205 g/mol. The Hall–Kier alpha value is -1.12. The lowest BCUT2D eigenvalue weighted by molar-refractivity contribution is 0.298. The van der Waals surface area contributed by atoms with E-state index in [9.17, 15) is 0 Å². The summed E-state index contributed by atoms with van der Waals surface area (Å²) in [6.07, 6.45) is 6.43. The first-order chi connectivity index (χ1) is 7.31. The molecule has 0 aromatic heterocycles. The monoisotopic (exact) mass is 205 g/mol. The van der Waals surface area contributed by atoms with Gasteiger partial charge in [-0.05, 0) is 25.3 Å². The van der Waals surface area contributed by atoms with Gasteiger partial charge < -0.3 is 4.90 Å². The van der Waals surface area contributed by atoms with Gasteiger partial charge >= 0.3 is 0 Å². The van der Waals surface area contributed by atoms with Crippen molar-refractivity contribution in [2.45, 2.75) is 39.8 Å². The molecule has 3 heteroatoms. The lowest BCUT2D eigenvalue weighted by Gasteiger charge is -2.28. The van der Waals surface area contributed by atoms with E-state index in [1.807, 2.05) is 0 Å². The molecule has 0 amide bonds. The van der Waals surface area contributed by atoms with Gasteiger partial charge in [-0.15, -0.1) is 0 Å². The zero-order valence-corrected chi connectivity index (χ0v) is 9.77. The smallest absolute Gasteiger partial charge is 0.134 e. The Kier molecular flexibility index (Phi) is 2.89. The zero-order chi connectivity index (χ0) is 10.8. The second-order valence-electron chi connectivity index (χ2n) is 4.02. The maximum Gasteiger partial charge on any atom is 0.134 e. The number of rotatable bonds is 3. The lowest BCUT2D eigenvalue weighted by Crippen LogP contribution is -2.36. The van der Waals surface area contributed by atoms with Crippen LogP contribution in [0.25, 0.3) is 0 Å². The molecule has 2 atom stereocenters. The van der Waals surface area contributed by atoms with E-state index in [1.54, 1.807) is 6.34 Å². The molecule has 2 unspecified atom stereocenters. The predicted octanol–water partition coefficient (Wildman–Crippen LogP) is 2.45. The van der Waals surface area contributed by atoms with Crippen molar-refractivity contribution in [2.24, 2.45) is 15.9 Å². The van der Waals surface area contributed by atoms with Gasteiger partial charge in [0.25, 0.3) is 0 Å². The first-order valence-electron chi connectivity index (χ1n) is 5.86. The predicted molar refractivity (Wildman–Crippen MR) is 64.3 cm³/mol. The van der Waals surface area contributed by atoms with Gasteiger partial charge in [0.05, 0.1) is 5.92 Å². The molecule has 0 aromatic carbocycles. The molecule has 82 valence electrons. The Morgan fingerprint density at radius 2 is 2.07 bits per heavy atom. The molecule has 0 aromatic rings. The molecule has 0 radical (unpaired) electrons. The molecule has 0 N–H and O–H groups in total. The molecule has 0 bridgehead atoms. The number of fused-ring (bicyclic) bond motifs is 1. The maximum atomic E-state index is 4.50. The van der Waals surface area contributed by atoms with Crippen molar-refractivity contribution < 1.29 is 0 Å². The number of hydrogen-bond donors (Lipinski definition) is 0. The third-order valence-electron chi connectivity index (χ3n) is 3.31. The van der Waals surface area contributed by atoms with E-state index < -0.39 is 0 Å². The van der Waals surface area contributed by atoms with Gasteiger partial charge in [-0.2, -0.15) is 0 Å². The lowest BCUT2D eigenvalue weighted by atomic mass is 9.90. The van der Waals surface area contributed by atoms with Gasteiger partial charge in [0.1, 0.15) is 12.5 Å². The zero-order valence-electron chi connectivity index (χ0n) is 9.77. The van der Waals surface area contributed by atoms with Crippen molar-refractivity contribution >= 4 is 12.1 Å². The number of hydrogen-bond acceptors (Lipinski definition) is 3. The van der Waals surface area contributed by atoms with Crippen LogP contribution in [0.3, 0.4) is 0 Å². The van der Waals surface area contributed by atoms with E-state index in [2.05, 4.69) is 41.9 Å². The normalized spacial score (nSPS) is 28.9. The first kappa shape index (κ1) is 10.4. The standard InChI is InChI=1S/C12H19N3/c1-4-9-7-15(6-3)12-11(9)10(5-2)13-8-14-12/h7-8,11-12H,4-6H2,1-3H3. The van der Waals surface area contributed by atoms with Gasteiger partial charge in [0, 0.05) is 18.5 Å². The summed E-state index contributed by atoms with van der Waals surface area (Å²) in [7, 11) is 0. The fourth-order valence-corrected chi connectivity index (χ4v) is 2.47. The number of nitrogens with zero attached hydrogens (tertiary/aromatic N) is 3. The highest BCUT2D eigenvalue weighted by Gasteiger charge is 2.37. The van der Waals surface area contributed by atoms with Crippen LogP contribution in [-0.2, 0) is 0 Å². The van der Waals surface area contributed by atoms with Gasteiger partial charge in [-0.25, -0.2) is 9.98 Å². The molecule has 2 heterocycles. The van der Waals surface area contributed by atoms with E-state index >= 15 is 0 Å². The van der Waals surface area contributed by atoms with Crippen LogP contribution in [0.2, 0.25) is 0 Å². The largest absolute Gasteiger partial charge is 0.355 e. The highest BCUT2D eigenvalue weighted by Crippen LogP contribution is 2.34. The Morgan fingerprint density at radius 1 is 1.27 bits per heavy atom. The van der Waals surface area contributed by atoms with Crippen LogP contribution in [0.1, 0.15) is 33.6 Å². The van der Waals surface area contributed by atoms with E-state index in [0.29, 0.717) is 5.92 Å². The fourth-order valence-electron chi connectivity index (χ4n) is 2.47. The summed E-state index contributed by atoms with van der Waals surface area (Å²) in [5, 5.41) is 0. The molecule has 0 saturated heterocycles. The van der Waals surface area contributed by atoms with E-state index in [0.717, 1.165) is 19.4 Å². The van der Waals surface area contributed by atoms with Crippen molar-refractivity contribution in [3.63, 3.8) is 0 Å².